The number of fused-ring (bicyclic) bond motifs is 1. The van der Waals surface area contributed by atoms with Gasteiger partial charge in [0.15, 0.2) is 0 Å². The maximum absolute atomic E-state index is 13.5. The van der Waals surface area contributed by atoms with Crippen LogP contribution in [0.2, 0.25) is 5.02 Å². The fraction of sp³-hybridized carbons (Fsp3) is 0.192. The Morgan fingerprint density at radius 2 is 1.75 bits per heavy atom. The third-order valence-corrected chi connectivity index (χ3v) is 6.33. The molecule has 0 aliphatic carbocycles. The van der Waals surface area contributed by atoms with Gasteiger partial charge >= 0.3 is 0 Å². The highest BCUT2D eigenvalue weighted by molar-refractivity contribution is 7.98. The summed E-state index contributed by atoms with van der Waals surface area (Å²) in [4.78, 5) is 13.2. The summed E-state index contributed by atoms with van der Waals surface area (Å²) in [6.07, 6.45) is 2.48. The maximum atomic E-state index is 13.5. The van der Waals surface area contributed by atoms with Gasteiger partial charge in [0, 0.05) is 24.6 Å². The third-order valence-electron chi connectivity index (χ3n) is 5.47. The van der Waals surface area contributed by atoms with Crippen LogP contribution in [0.5, 0.6) is 5.75 Å². The summed E-state index contributed by atoms with van der Waals surface area (Å²) in [5, 5.41) is 1.03. The van der Waals surface area contributed by atoms with E-state index in [1.54, 1.807) is 35.5 Å². The molecule has 6 heteroatoms. The maximum Gasteiger partial charge on any atom is 0.258 e. The van der Waals surface area contributed by atoms with Crippen LogP contribution in [0.15, 0.2) is 71.5 Å². The lowest BCUT2D eigenvalue weighted by atomic mass is 9.99. The van der Waals surface area contributed by atoms with Gasteiger partial charge in [0.25, 0.3) is 5.56 Å². The molecule has 3 nitrogen and oxygen atoms in total. The van der Waals surface area contributed by atoms with E-state index in [4.69, 9.17) is 16.3 Å². The van der Waals surface area contributed by atoms with Crippen molar-refractivity contribution >= 4 is 34.3 Å². The molecule has 1 aromatic heterocycles. The van der Waals surface area contributed by atoms with Crippen LogP contribution in [0.1, 0.15) is 11.1 Å². The fourth-order valence-corrected chi connectivity index (χ4v) is 4.20. The van der Waals surface area contributed by atoms with Crippen LogP contribution in [0.3, 0.4) is 0 Å². The Morgan fingerprint density at radius 1 is 1.03 bits per heavy atom. The first-order valence-electron chi connectivity index (χ1n) is 10.3. The predicted molar refractivity (Wildman–Crippen MR) is 133 cm³/mol. The van der Waals surface area contributed by atoms with Crippen molar-refractivity contribution in [1.82, 2.24) is 4.57 Å². The molecule has 0 saturated carbocycles. The number of rotatable bonds is 7. The largest absolute Gasteiger partial charge is 0.492 e. The molecule has 0 aliphatic heterocycles. The average Bonchev–Trinajstić information content (AvgIpc) is 2.81. The second-order valence-electron chi connectivity index (χ2n) is 7.53. The SMILES string of the molecule is CSCCOc1c(Cc2ccc(-c3ccc(F)c(Cl)c3)cc2)c(=O)n(C)c2ccccc12. The van der Waals surface area contributed by atoms with Gasteiger partial charge < -0.3 is 9.30 Å². The summed E-state index contributed by atoms with van der Waals surface area (Å²) in [6, 6.07) is 20.4. The highest BCUT2D eigenvalue weighted by Gasteiger charge is 2.17. The number of aromatic nitrogens is 1. The normalized spacial score (nSPS) is 11.1. The minimum atomic E-state index is -0.437. The zero-order valence-electron chi connectivity index (χ0n) is 17.9. The van der Waals surface area contributed by atoms with E-state index >= 15 is 0 Å². The number of thioether (sulfide) groups is 1. The number of benzene rings is 3. The summed E-state index contributed by atoms with van der Waals surface area (Å²) < 4.78 is 21.3. The van der Waals surface area contributed by atoms with E-state index in [0.717, 1.165) is 33.3 Å². The lowest BCUT2D eigenvalue weighted by Gasteiger charge is -2.16. The van der Waals surface area contributed by atoms with Crippen molar-refractivity contribution in [2.24, 2.45) is 7.05 Å². The Labute approximate surface area is 195 Å². The number of para-hydroxylation sites is 1. The standard InChI is InChI=1S/C26H23ClFNO2S/c1-29-24-6-4-3-5-20(24)25(31-13-14-32-2)21(26(29)30)15-17-7-9-18(10-8-17)19-11-12-23(28)22(27)16-19/h3-12,16H,13-15H2,1-2H3. The molecule has 0 unspecified atom stereocenters. The first-order chi connectivity index (χ1) is 15.5. The van der Waals surface area contributed by atoms with Gasteiger partial charge in [0.05, 0.1) is 22.7 Å². The number of hydrogen-bond acceptors (Lipinski definition) is 3. The summed E-state index contributed by atoms with van der Waals surface area (Å²) in [5.74, 6) is 1.07. The summed E-state index contributed by atoms with van der Waals surface area (Å²) in [5.41, 5.74) is 4.19. The molecule has 0 bridgehead atoms. The molecule has 164 valence electrons. The quantitative estimate of drug-likeness (QED) is 0.297. The Morgan fingerprint density at radius 3 is 2.47 bits per heavy atom. The number of ether oxygens (including phenoxy) is 1. The molecule has 0 radical (unpaired) electrons. The first kappa shape index (κ1) is 22.4. The van der Waals surface area contributed by atoms with E-state index in [-0.39, 0.29) is 10.6 Å². The fourth-order valence-electron chi connectivity index (χ4n) is 3.77. The van der Waals surface area contributed by atoms with E-state index in [1.807, 2.05) is 54.8 Å². The third kappa shape index (κ3) is 4.54. The predicted octanol–water partition coefficient (Wildman–Crippen LogP) is 6.33. The van der Waals surface area contributed by atoms with Crippen LogP contribution >= 0.6 is 23.4 Å². The Bertz CT molecular complexity index is 1320. The molecule has 0 aliphatic rings. The second kappa shape index (κ2) is 9.80. The lowest BCUT2D eigenvalue weighted by molar-refractivity contribution is 0.344. The minimum absolute atomic E-state index is 0.0581. The Balaban J connectivity index is 1.71. The zero-order valence-corrected chi connectivity index (χ0v) is 19.5. The van der Waals surface area contributed by atoms with Crippen molar-refractivity contribution in [3.8, 4) is 16.9 Å². The van der Waals surface area contributed by atoms with E-state index in [0.29, 0.717) is 24.3 Å². The molecule has 0 spiro atoms. The van der Waals surface area contributed by atoms with Gasteiger partial charge in [0.2, 0.25) is 0 Å². The number of nitrogens with zero attached hydrogens (tertiary/aromatic N) is 1. The molecule has 3 aromatic carbocycles. The minimum Gasteiger partial charge on any atom is -0.492 e. The number of aryl methyl sites for hydroxylation is 1. The molecular formula is C26H23ClFNO2S. The van der Waals surface area contributed by atoms with Gasteiger partial charge in [0.1, 0.15) is 11.6 Å². The van der Waals surface area contributed by atoms with E-state index in [1.165, 1.54) is 6.07 Å². The Kier molecular flexibility index (Phi) is 6.87. The van der Waals surface area contributed by atoms with Crippen LogP contribution in [0.25, 0.3) is 22.0 Å². The highest BCUT2D eigenvalue weighted by Crippen LogP contribution is 2.30. The highest BCUT2D eigenvalue weighted by atomic mass is 35.5. The molecular weight excluding hydrogens is 445 g/mol. The molecule has 4 aromatic rings. The smallest absolute Gasteiger partial charge is 0.258 e. The average molecular weight is 468 g/mol. The van der Waals surface area contributed by atoms with E-state index in [2.05, 4.69) is 0 Å². The summed E-state index contributed by atoms with van der Waals surface area (Å²) >= 11 is 7.63. The van der Waals surface area contributed by atoms with Gasteiger partial charge in [-0.15, -0.1) is 0 Å². The summed E-state index contributed by atoms with van der Waals surface area (Å²) in [7, 11) is 1.79. The Hall–Kier alpha value is -2.76. The van der Waals surface area contributed by atoms with Crippen molar-refractivity contribution in [1.29, 1.82) is 0 Å². The van der Waals surface area contributed by atoms with Crippen LogP contribution in [-0.2, 0) is 13.5 Å². The number of pyridine rings is 1. The van der Waals surface area contributed by atoms with Gasteiger partial charge in [-0.05, 0) is 47.2 Å². The van der Waals surface area contributed by atoms with Crippen molar-refractivity contribution in [3.63, 3.8) is 0 Å². The van der Waals surface area contributed by atoms with Crippen LogP contribution in [-0.4, -0.2) is 23.2 Å². The second-order valence-corrected chi connectivity index (χ2v) is 8.93. The van der Waals surface area contributed by atoms with Gasteiger partial charge in [-0.2, -0.15) is 11.8 Å². The van der Waals surface area contributed by atoms with E-state index < -0.39 is 5.82 Å². The molecule has 0 atom stereocenters. The van der Waals surface area contributed by atoms with Gasteiger partial charge in [-0.25, -0.2) is 4.39 Å². The number of halogens is 2. The molecule has 0 amide bonds. The van der Waals surface area contributed by atoms with Crippen molar-refractivity contribution < 1.29 is 9.13 Å². The van der Waals surface area contributed by atoms with Crippen molar-refractivity contribution in [2.45, 2.75) is 6.42 Å². The zero-order chi connectivity index (χ0) is 22.7. The van der Waals surface area contributed by atoms with Crippen LogP contribution in [0.4, 0.5) is 4.39 Å². The van der Waals surface area contributed by atoms with Crippen LogP contribution in [0, 0.1) is 5.82 Å². The summed E-state index contributed by atoms with van der Waals surface area (Å²) in [6.45, 7) is 0.537. The van der Waals surface area contributed by atoms with Crippen molar-refractivity contribution in [2.75, 3.05) is 18.6 Å². The van der Waals surface area contributed by atoms with Gasteiger partial charge in [-0.3, -0.25) is 4.79 Å². The molecule has 32 heavy (non-hydrogen) atoms. The van der Waals surface area contributed by atoms with Crippen molar-refractivity contribution in [3.05, 3.63) is 99.1 Å². The molecule has 0 N–H and O–H groups in total. The van der Waals surface area contributed by atoms with Gasteiger partial charge in [-0.1, -0.05) is 54.1 Å². The molecule has 1 heterocycles. The van der Waals surface area contributed by atoms with Crippen LogP contribution < -0.4 is 10.3 Å². The topological polar surface area (TPSA) is 31.2 Å². The molecule has 0 saturated heterocycles. The molecule has 4 rings (SSSR count). The lowest BCUT2D eigenvalue weighted by Crippen LogP contribution is -2.23. The number of hydrogen-bond donors (Lipinski definition) is 0. The van der Waals surface area contributed by atoms with E-state index in [9.17, 15) is 9.18 Å². The monoisotopic (exact) mass is 467 g/mol. The molecule has 0 fully saturated rings. The first-order valence-corrected chi connectivity index (χ1v) is 12.0.